The Kier molecular flexibility index (Phi) is 12.0. The van der Waals surface area contributed by atoms with E-state index in [1.165, 1.54) is 105 Å². The number of hydrogen-bond donors (Lipinski definition) is 2. The summed E-state index contributed by atoms with van der Waals surface area (Å²) >= 11 is 1.74. The molecule has 0 fully saturated rings. The maximum atomic E-state index is 10.5. The third-order valence-corrected chi connectivity index (χ3v) is 18.4. The van der Waals surface area contributed by atoms with Crippen LogP contribution in [0.25, 0.3) is 60.3 Å². The van der Waals surface area contributed by atoms with Crippen LogP contribution in [0.5, 0.6) is 0 Å². The summed E-state index contributed by atoms with van der Waals surface area (Å²) in [5.41, 5.74) is 25.8. The summed E-state index contributed by atoms with van der Waals surface area (Å²) in [4.78, 5) is 1.15. The van der Waals surface area contributed by atoms with Crippen LogP contribution in [0, 0.1) is 27.7 Å². The Morgan fingerprint density at radius 1 is 0.697 bits per heavy atom. The number of benzene rings is 6. The van der Waals surface area contributed by atoms with Crippen molar-refractivity contribution in [3.8, 4) is 22.3 Å². The van der Waals surface area contributed by atoms with Gasteiger partial charge in [-0.2, -0.15) is 0 Å². The van der Waals surface area contributed by atoms with E-state index in [0.717, 1.165) is 44.6 Å². The Bertz CT molecular complexity index is 3360. The zero-order chi connectivity index (χ0) is 47.0. The van der Waals surface area contributed by atoms with Crippen LogP contribution in [-0.4, -0.2) is 42.5 Å². The molecule has 0 aromatic heterocycles. The molecule has 1 aliphatic carbocycles. The number of aliphatic hydroxyl groups excluding tert-OH is 1. The first-order chi connectivity index (χ1) is 31.6. The van der Waals surface area contributed by atoms with Crippen LogP contribution in [0.3, 0.4) is 0 Å². The molecule has 6 aromatic carbocycles. The Hall–Kier alpha value is -5.73. The van der Waals surface area contributed by atoms with Crippen LogP contribution >= 0.6 is 19.3 Å². The fourth-order valence-corrected chi connectivity index (χ4v) is 14.2. The van der Waals surface area contributed by atoms with Crippen molar-refractivity contribution in [1.29, 1.82) is 0 Å². The average molecular weight is 897 g/mol. The summed E-state index contributed by atoms with van der Waals surface area (Å²) < 4.78 is 0. The average Bonchev–Trinajstić information content (AvgIpc) is 3.66. The van der Waals surface area contributed by atoms with E-state index in [9.17, 15) is 10.2 Å². The summed E-state index contributed by atoms with van der Waals surface area (Å²) in [6.45, 7) is 27.5. The Morgan fingerprint density at radius 3 is 1.85 bits per heavy atom. The molecule has 0 saturated heterocycles. The Morgan fingerprint density at radius 2 is 1.27 bits per heavy atom. The molecule has 6 aromatic rings. The number of allylic oxidation sites excluding steroid dienone is 10. The van der Waals surface area contributed by atoms with Gasteiger partial charge in [0.25, 0.3) is 0 Å². The van der Waals surface area contributed by atoms with E-state index in [1.54, 1.807) is 29.3 Å². The number of aliphatic hydroxyl groups is 2. The van der Waals surface area contributed by atoms with Gasteiger partial charge in [0.2, 0.25) is 0 Å². The number of aryl methyl sites for hydroxylation is 4. The quantitative estimate of drug-likeness (QED) is 0.0499. The van der Waals surface area contributed by atoms with Crippen LogP contribution in [0.1, 0.15) is 79.1 Å². The zero-order valence-corrected chi connectivity index (χ0v) is 42.4. The molecule has 2 N–H and O–H groups in total. The second kappa shape index (κ2) is 17.5. The van der Waals surface area contributed by atoms with E-state index in [1.807, 2.05) is 20.7 Å². The second-order valence-electron chi connectivity index (χ2n) is 18.8. The van der Waals surface area contributed by atoms with E-state index in [4.69, 9.17) is 0 Å². The van der Waals surface area contributed by atoms with Crippen LogP contribution in [-0.2, 0) is 6.42 Å². The summed E-state index contributed by atoms with van der Waals surface area (Å²) in [7, 11) is 1.42. The topological polar surface area (TPSA) is 40.5 Å². The van der Waals surface area contributed by atoms with E-state index in [2.05, 4.69) is 172 Å². The molecule has 0 amide bonds. The number of fused-ring (bicyclic) bond motifs is 9. The SMILES string of the molecule is BC(/C(SC)=C(\C)c1c2cc(C)c(C)cc2c(-c2ccc(-c3ccc4c(c3)CC3=CC=[PH]5C(=C34)c3ccccc35)cc2)c2cc(C)c(C)cc12)=C(C(/C)=B\C)\C(C(C)=C(O)O)=C(/C)C(=C)C. The predicted octanol–water partition coefficient (Wildman–Crippen LogP) is 14.7. The fraction of sp³-hybridized carbons (Fsp3) is 0.200. The molecule has 0 spiro atoms. The van der Waals surface area contributed by atoms with E-state index in [-0.39, 0.29) is 0 Å². The summed E-state index contributed by atoms with van der Waals surface area (Å²) in [5, 5.41) is 29.2. The van der Waals surface area contributed by atoms with Gasteiger partial charge in [-0.05, 0) is 56.0 Å². The number of thioether (sulfide) groups is 1. The van der Waals surface area contributed by atoms with Crippen molar-refractivity contribution >= 4 is 88.6 Å². The Balaban J connectivity index is 1.23. The third kappa shape index (κ3) is 7.35. The molecule has 2 heterocycles. The predicted molar refractivity (Wildman–Crippen MR) is 300 cm³/mol. The Labute approximate surface area is 398 Å². The summed E-state index contributed by atoms with van der Waals surface area (Å²) in [6, 6.07) is 35.1. The number of hydrogen-bond acceptors (Lipinski definition) is 3. The van der Waals surface area contributed by atoms with Crippen molar-refractivity contribution in [3.63, 3.8) is 0 Å². The molecule has 0 radical (unpaired) electrons. The molecule has 2 nitrogen and oxygen atoms in total. The fourth-order valence-electron chi connectivity index (χ4n) is 10.8. The van der Waals surface area contributed by atoms with Crippen LogP contribution < -0.4 is 5.30 Å². The monoisotopic (exact) mass is 896 g/mol. The second-order valence-corrected chi connectivity index (χ2v) is 21.8. The van der Waals surface area contributed by atoms with E-state index >= 15 is 0 Å². The van der Waals surface area contributed by atoms with Gasteiger partial charge in [0, 0.05) is 0 Å². The van der Waals surface area contributed by atoms with Crippen LogP contribution in [0.2, 0.25) is 6.82 Å². The van der Waals surface area contributed by atoms with Gasteiger partial charge in [-0.25, -0.2) is 0 Å². The van der Waals surface area contributed by atoms with Crippen molar-refractivity contribution in [2.45, 2.75) is 75.6 Å². The molecule has 9 rings (SSSR count). The van der Waals surface area contributed by atoms with Gasteiger partial charge >= 0.3 is 283 Å². The van der Waals surface area contributed by atoms with Crippen LogP contribution in [0.4, 0.5) is 0 Å². The van der Waals surface area contributed by atoms with Gasteiger partial charge in [-0.15, -0.1) is 0 Å². The molecule has 0 saturated carbocycles. The third-order valence-electron chi connectivity index (χ3n) is 14.8. The number of rotatable bonds is 9. The molecule has 2 aliphatic heterocycles. The van der Waals surface area contributed by atoms with Gasteiger partial charge in [0.05, 0.1) is 0 Å². The van der Waals surface area contributed by atoms with Crippen molar-refractivity contribution in [1.82, 2.24) is 0 Å². The normalized spacial score (nSPS) is 16.1. The van der Waals surface area contributed by atoms with Crippen molar-refractivity contribution in [3.05, 3.63) is 198 Å². The maximum absolute atomic E-state index is 10.5. The molecular weight excluding hydrogens is 837 g/mol. The molecule has 328 valence electrons. The standard InChI is InChI=1S/C60H59B2O2PS/c1-31(2)36(7)52(38(9)60(63)64)54(39(10)62-11)57(61)59(66-12)37(8)53-47-25-32(3)34(5)27-49(47)55(50-28-35(6)33(4)26-48(50)53)41-19-17-40(18-20-41)42-21-22-45-44(29-42)30-43-23-24-65-51-16-14-13-15-46(51)58(65)56(43)45/h13-29,63-65H,1,30,61H2,2-12H3/b52-36+,57-54-,59-37-. The molecule has 1 unspecified atom stereocenters. The van der Waals surface area contributed by atoms with Crippen molar-refractivity contribution in [2.75, 3.05) is 6.26 Å². The van der Waals surface area contributed by atoms with E-state index < -0.39 is 13.5 Å². The molecule has 3 aliphatic rings. The van der Waals surface area contributed by atoms with Gasteiger partial charge in [-0.3, -0.25) is 0 Å². The van der Waals surface area contributed by atoms with Gasteiger partial charge in [0.15, 0.2) is 0 Å². The first-order valence-electron chi connectivity index (χ1n) is 23.1. The van der Waals surface area contributed by atoms with Crippen molar-refractivity contribution in [2.24, 2.45) is 0 Å². The minimum absolute atomic E-state index is 0.426. The molecule has 66 heavy (non-hydrogen) atoms. The van der Waals surface area contributed by atoms with Gasteiger partial charge in [-0.1, -0.05) is 61.9 Å². The van der Waals surface area contributed by atoms with E-state index in [0.29, 0.717) is 5.57 Å². The summed E-state index contributed by atoms with van der Waals surface area (Å²) in [6.07, 6.45) is 5.57. The summed E-state index contributed by atoms with van der Waals surface area (Å²) in [5.74, 6) is 1.82. The molecule has 1 atom stereocenters. The molecule has 6 heteroatoms. The van der Waals surface area contributed by atoms with Crippen molar-refractivity contribution < 1.29 is 10.2 Å². The molecular formula is C60H59B2O2PS. The van der Waals surface area contributed by atoms with Crippen LogP contribution in [0.15, 0.2) is 153 Å². The van der Waals surface area contributed by atoms with Gasteiger partial charge in [0.1, 0.15) is 0 Å². The first kappa shape index (κ1) is 45.4. The first-order valence-corrected chi connectivity index (χ1v) is 25.9. The molecule has 0 bridgehead atoms. The minimum atomic E-state index is -0.765. The van der Waals surface area contributed by atoms with Gasteiger partial charge < -0.3 is 0 Å². The zero-order valence-electron chi connectivity index (χ0n) is 40.6.